The summed E-state index contributed by atoms with van der Waals surface area (Å²) >= 11 is 10.5. The predicted octanol–water partition coefficient (Wildman–Crippen LogP) is 9.22. The number of rotatable bonds is 9. The predicted molar refractivity (Wildman–Crippen MR) is 155 cm³/mol. The second kappa shape index (κ2) is 12.3. The summed E-state index contributed by atoms with van der Waals surface area (Å²) in [5.74, 6) is 2.88. The number of halogens is 2. The zero-order valence-electron chi connectivity index (χ0n) is 20.1. The molecule has 0 unspecified atom stereocenters. The van der Waals surface area contributed by atoms with Crippen LogP contribution in [0.25, 0.3) is 11.1 Å². The molecule has 0 bridgehead atoms. The van der Waals surface area contributed by atoms with Gasteiger partial charge in [0, 0.05) is 29.9 Å². The molecule has 0 radical (unpaired) electrons. The fourth-order valence-corrected chi connectivity index (χ4v) is 6.58. The standard InChI is InChI=1S/C28H24Br2O4S2/c1-31-21-15-27(35-25-11-7-5-9-19(25)29)23(33-3)13-17(21)18-14-24(34-4)28(16-22(18)32-2)36-26-12-8-6-10-20(26)30/h5-16H,1-4H3. The Kier molecular flexibility index (Phi) is 9.17. The van der Waals surface area contributed by atoms with Crippen LogP contribution in [0.5, 0.6) is 23.0 Å². The van der Waals surface area contributed by atoms with Crippen molar-refractivity contribution in [1.29, 1.82) is 0 Å². The van der Waals surface area contributed by atoms with Gasteiger partial charge in [-0.25, -0.2) is 0 Å². The smallest absolute Gasteiger partial charge is 0.133 e. The normalized spacial score (nSPS) is 10.7. The second-order valence-electron chi connectivity index (χ2n) is 7.47. The van der Waals surface area contributed by atoms with E-state index in [4.69, 9.17) is 18.9 Å². The van der Waals surface area contributed by atoms with Crippen LogP contribution in [0.15, 0.2) is 101 Å². The van der Waals surface area contributed by atoms with E-state index in [0.717, 1.165) is 51.2 Å². The molecule has 0 fully saturated rings. The van der Waals surface area contributed by atoms with Gasteiger partial charge in [0.2, 0.25) is 0 Å². The Bertz CT molecular complexity index is 1270. The zero-order valence-corrected chi connectivity index (χ0v) is 24.9. The molecule has 0 aliphatic carbocycles. The summed E-state index contributed by atoms with van der Waals surface area (Å²) in [7, 11) is 6.67. The van der Waals surface area contributed by atoms with Crippen molar-refractivity contribution in [3.63, 3.8) is 0 Å². The Morgan fingerprint density at radius 1 is 0.472 bits per heavy atom. The molecular formula is C28H24Br2O4S2. The fraction of sp³-hybridized carbons (Fsp3) is 0.143. The van der Waals surface area contributed by atoms with Crippen LogP contribution in [0.3, 0.4) is 0 Å². The molecule has 0 aliphatic rings. The van der Waals surface area contributed by atoms with E-state index >= 15 is 0 Å². The average molecular weight is 648 g/mol. The summed E-state index contributed by atoms with van der Waals surface area (Å²) in [4.78, 5) is 4.05. The van der Waals surface area contributed by atoms with E-state index in [1.807, 2.05) is 60.7 Å². The van der Waals surface area contributed by atoms with E-state index < -0.39 is 0 Å². The van der Waals surface area contributed by atoms with E-state index in [0.29, 0.717) is 11.5 Å². The molecule has 4 aromatic carbocycles. The van der Waals surface area contributed by atoms with Crippen LogP contribution in [0, 0.1) is 0 Å². The molecule has 36 heavy (non-hydrogen) atoms. The minimum atomic E-state index is 0.705. The van der Waals surface area contributed by atoms with Gasteiger partial charge in [-0.3, -0.25) is 0 Å². The number of benzene rings is 4. The van der Waals surface area contributed by atoms with Gasteiger partial charge in [0.25, 0.3) is 0 Å². The van der Waals surface area contributed by atoms with Gasteiger partial charge in [-0.1, -0.05) is 47.8 Å². The van der Waals surface area contributed by atoms with Gasteiger partial charge in [0.05, 0.1) is 38.2 Å². The summed E-state index contributed by atoms with van der Waals surface area (Å²) in [6, 6.07) is 24.1. The van der Waals surface area contributed by atoms with Crippen LogP contribution in [-0.4, -0.2) is 28.4 Å². The van der Waals surface area contributed by atoms with E-state index in [1.165, 1.54) is 0 Å². The lowest BCUT2D eigenvalue weighted by atomic mass is 10.0. The lowest BCUT2D eigenvalue weighted by molar-refractivity contribution is 0.391. The lowest BCUT2D eigenvalue weighted by Crippen LogP contribution is -1.97. The first-order chi connectivity index (χ1) is 17.5. The third kappa shape index (κ3) is 5.83. The Balaban J connectivity index is 1.80. The molecule has 8 heteroatoms. The SMILES string of the molecule is COc1cc(-c2cc(OC)c(Sc3ccccc3Br)cc2OC)c(OC)cc1Sc1ccccc1Br. The highest BCUT2D eigenvalue weighted by molar-refractivity contribution is 9.10. The zero-order chi connectivity index (χ0) is 25.7. The summed E-state index contributed by atoms with van der Waals surface area (Å²) in [6.45, 7) is 0. The summed E-state index contributed by atoms with van der Waals surface area (Å²) < 4.78 is 25.3. The molecule has 4 aromatic rings. The van der Waals surface area contributed by atoms with Gasteiger partial charge in [0.1, 0.15) is 23.0 Å². The van der Waals surface area contributed by atoms with E-state index in [9.17, 15) is 0 Å². The number of ether oxygens (including phenoxy) is 4. The molecule has 0 aliphatic heterocycles. The number of hydrogen-bond acceptors (Lipinski definition) is 6. The van der Waals surface area contributed by atoms with Crippen molar-refractivity contribution in [2.24, 2.45) is 0 Å². The highest BCUT2D eigenvalue weighted by atomic mass is 79.9. The van der Waals surface area contributed by atoms with Gasteiger partial charge in [-0.05, 0) is 80.4 Å². The molecule has 0 heterocycles. The molecule has 0 aromatic heterocycles. The first-order valence-electron chi connectivity index (χ1n) is 10.9. The Hall–Kier alpha value is -2.26. The minimum absolute atomic E-state index is 0.705. The maximum atomic E-state index is 5.83. The summed E-state index contributed by atoms with van der Waals surface area (Å²) in [6.07, 6.45) is 0. The van der Waals surface area contributed by atoms with Crippen LogP contribution < -0.4 is 18.9 Å². The van der Waals surface area contributed by atoms with Gasteiger partial charge in [-0.2, -0.15) is 0 Å². The van der Waals surface area contributed by atoms with Crippen LogP contribution in [0.4, 0.5) is 0 Å². The molecule has 186 valence electrons. The van der Waals surface area contributed by atoms with Crippen molar-refractivity contribution in [3.05, 3.63) is 81.7 Å². The van der Waals surface area contributed by atoms with Crippen molar-refractivity contribution >= 4 is 55.4 Å². The number of hydrogen-bond donors (Lipinski definition) is 0. The maximum Gasteiger partial charge on any atom is 0.133 e. The second-order valence-corrected chi connectivity index (χ2v) is 11.3. The van der Waals surface area contributed by atoms with Crippen LogP contribution >= 0.6 is 55.4 Å². The molecule has 0 N–H and O–H groups in total. The van der Waals surface area contributed by atoms with Crippen LogP contribution in [0.2, 0.25) is 0 Å². The summed E-state index contributed by atoms with van der Waals surface area (Å²) in [5.41, 5.74) is 1.69. The van der Waals surface area contributed by atoms with Crippen molar-refractivity contribution in [2.45, 2.75) is 19.6 Å². The largest absolute Gasteiger partial charge is 0.496 e. The monoisotopic (exact) mass is 646 g/mol. The molecule has 0 spiro atoms. The Morgan fingerprint density at radius 2 is 0.833 bits per heavy atom. The molecule has 4 nitrogen and oxygen atoms in total. The van der Waals surface area contributed by atoms with Crippen molar-refractivity contribution in [3.8, 4) is 34.1 Å². The minimum Gasteiger partial charge on any atom is -0.496 e. The quantitative estimate of drug-likeness (QED) is 0.180. The first-order valence-corrected chi connectivity index (χ1v) is 14.1. The van der Waals surface area contributed by atoms with E-state index in [1.54, 1.807) is 52.0 Å². The molecule has 0 atom stereocenters. The molecule has 0 amide bonds. The highest BCUT2D eigenvalue weighted by Gasteiger charge is 2.20. The van der Waals surface area contributed by atoms with Gasteiger partial charge in [0.15, 0.2) is 0 Å². The number of methoxy groups -OCH3 is 4. The summed E-state index contributed by atoms with van der Waals surface area (Å²) in [5, 5.41) is 0. The van der Waals surface area contributed by atoms with E-state index in [-0.39, 0.29) is 0 Å². The third-order valence-corrected chi connectivity index (χ3v) is 9.51. The van der Waals surface area contributed by atoms with Crippen molar-refractivity contribution in [1.82, 2.24) is 0 Å². The third-order valence-electron chi connectivity index (χ3n) is 5.37. The molecule has 0 saturated heterocycles. The molecule has 0 saturated carbocycles. The van der Waals surface area contributed by atoms with Gasteiger partial charge >= 0.3 is 0 Å². The lowest BCUT2D eigenvalue weighted by Gasteiger charge is -2.19. The molecule has 4 rings (SSSR count). The van der Waals surface area contributed by atoms with Crippen molar-refractivity contribution in [2.75, 3.05) is 28.4 Å². The Labute approximate surface area is 236 Å². The van der Waals surface area contributed by atoms with Crippen molar-refractivity contribution < 1.29 is 18.9 Å². The van der Waals surface area contributed by atoms with E-state index in [2.05, 4.69) is 44.0 Å². The van der Waals surface area contributed by atoms with Gasteiger partial charge in [-0.15, -0.1) is 0 Å². The first kappa shape index (κ1) is 26.8. The highest BCUT2D eigenvalue weighted by Crippen LogP contribution is 2.49. The fourth-order valence-electron chi connectivity index (χ4n) is 3.61. The molecular weight excluding hydrogens is 624 g/mol. The van der Waals surface area contributed by atoms with Crippen LogP contribution in [0.1, 0.15) is 0 Å². The topological polar surface area (TPSA) is 36.9 Å². The maximum absolute atomic E-state index is 5.83. The average Bonchev–Trinajstić information content (AvgIpc) is 2.90. The van der Waals surface area contributed by atoms with Gasteiger partial charge < -0.3 is 18.9 Å². The Morgan fingerprint density at radius 3 is 1.17 bits per heavy atom. The van der Waals surface area contributed by atoms with Crippen LogP contribution in [-0.2, 0) is 0 Å².